The van der Waals surface area contributed by atoms with Crippen LogP contribution in [-0.4, -0.2) is 29.9 Å². The molecule has 3 aromatic rings. The Morgan fingerprint density at radius 2 is 1.85 bits per heavy atom. The van der Waals surface area contributed by atoms with Gasteiger partial charge >= 0.3 is 0 Å². The van der Waals surface area contributed by atoms with Gasteiger partial charge in [-0.05, 0) is 30.4 Å². The second-order valence-electron chi connectivity index (χ2n) is 6.07. The number of hydrogen-bond donors (Lipinski definition) is 2. The highest BCUT2D eigenvalue weighted by Gasteiger charge is 2.07. The molecule has 0 saturated carbocycles. The van der Waals surface area contributed by atoms with Crippen molar-refractivity contribution in [2.75, 3.05) is 13.1 Å². The van der Waals surface area contributed by atoms with Crippen LogP contribution in [0.5, 0.6) is 0 Å². The topological polar surface area (TPSA) is 71.1 Å². The molecule has 0 bridgehead atoms. The number of hydrogen-bond acceptors (Lipinski definition) is 5. The lowest BCUT2D eigenvalue weighted by atomic mass is 10.1. The molecule has 3 rings (SSSR count). The Kier molecular flexibility index (Phi) is 6.73. The van der Waals surface area contributed by atoms with Crippen LogP contribution >= 0.6 is 22.7 Å². The summed E-state index contributed by atoms with van der Waals surface area (Å²) in [5.74, 6) is -0.199. The number of aromatic nitrogens is 1. The van der Waals surface area contributed by atoms with Gasteiger partial charge in [0.1, 0.15) is 0 Å². The summed E-state index contributed by atoms with van der Waals surface area (Å²) >= 11 is 3.12. The third-order valence-electron chi connectivity index (χ3n) is 4.03. The van der Waals surface area contributed by atoms with Gasteiger partial charge in [0.2, 0.25) is 5.91 Å². The molecule has 0 atom stereocenters. The highest BCUT2D eigenvalue weighted by Crippen LogP contribution is 2.21. The third-order valence-corrected chi connectivity index (χ3v) is 5.48. The Hall–Kier alpha value is -2.51. The zero-order valence-electron chi connectivity index (χ0n) is 15.0. The summed E-state index contributed by atoms with van der Waals surface area (Å²) < 4.78 is 0. The van der Waals surface area contributed by atoms with Crippen LogP contribution in [0, 0.1) is 6.92 Å². The standard InChI is InChI=1S/C20H21N3O2S2/c1-14-23-18(13-27-14)16-4-2-15(3-5-16)6-9-21-19(24)7-10-22-20(25)17-8-11-26-12-17/h2-5,8,11-13H,6-7,9-10H2,1H3,(H,21,24)(H,22,25). The molecule has 0 radical (unpaired) electrons. The Morgan fingerprint density at radius 3 is 2.52 bits per heavy atom. The van der Waals surface area contributed by atoms with Crippen LogP contribution in [0.15, 0.2) is 46.5 Å². The lowest BCUT2D eigenvalue weighted by Gasteiger charge is -2.07. The van der Waals surface area contributed by atoms with E-state index in [0.29, 0.717) is 18.7 Å². The van der Waals surface area contributed by atoms with E-state index >= 15 is 0 Å². The lowest BCUT2D eigenvalue weighted by molar-refractivity contribution is -0.120. The van der Waals surface area contributed by atoms with Crippen LogP contribution in [0.4, 0.5) is 0 Å². The number of benzene rings is 1. The molecule has 2 amide bonds. The largest absolute Gasteiger partial charge is 0.356 e. The van der Waals surface area contributed by atoms with Crippen molar-refractivity contribution in [2.24, 2.45) is 0 Å². The molecule has 5 nitrogen and oxygen atoms in total. The molecule has 7 heteroatoms. The molecule has 2 N–H and O–H groups in total. The van der Waals surface area contributed by atoms with Crippen LogP contribution < -0.4 is 10.6 Å². The number of nitrogens with one attached hydrogen (secondary N) is 2. The lowest BCUT2D eigenvalue weighted by Crippen LogP contribution is -2.31. The van der Waals surface area contributed by atoms with E-state index in [2.05, 4.69) is 45.3 Å². The average Bonchev–Trinajstić information content (AvgIpc) is 3.34. The maximum atomic E-state index is 11.9. The highest BCUT2D eigenvalue weighted by molar-refractivity contribution is 7.09. The smallest absolute Gasteiger partial charge is 0.252 e. The quantitative estimate of drug-likeness (QED) is 0.607. The minimum absolute atomic E-state index is 0.0600. The van der Waals surface area contributed by atoms with Gasteiger partial charge in [-0.1, -0.05) is 24.3 Å². The second kappa shape index (κ2) is 9.43. The van der Waals surface area contributed by atoms with Crippen molar-refractivity contribution in [3.8, 4) is 11.3 Å². The average molecular weight is 400 g/mol. The predicted molar refractivity (Wildman–Crippen MR) is 110 cm³/mol. The van der Waals surface area contributed by atoms with Gasteiger partial charge in [0.05, 0.1) is 10.7 Å². The van der Waals surface area contributed by atoms with E-state index in [9.17, 15) is 9.59 Å². The van der Waals surface area contributed by atoms with E-state index in [1.54, 1.807) is 22.8 Å². The molecule has 0 unspecified atom stereocenters. The van der Waals surface area contributed by atoms with Crippen LogP contribution in [0.2, 0.25) is 0 Å². The van der Waals surface area contributed by atoms with Crippen LogP contribution in [0.3, 0.4) is 0 Å². The number of thiophene rings is 1. The van der Waals surface area contributed by atoms with Gasteiger partial charge in [-0.3, -0.25) is 9.59 Å². The minimum Gasteiger partial charge on any atom is -0.356 e. The first-order chi connectivity index (χ1) is 13.1. The van der Waals surface area contributed by atoms with Crippen LogP contribution in [-0.2, 0) is 11.2 Å². The number of nitrogens with zero attached hydrogens (tertiary/aromatic N) is 1. The molecule has 140 valence electrons. The Morgan fingerprint density at radius 1 is 1.04 bits per heavy atom. The Labute approximate surface area is 166 Å². The summed E-state index contributed by atoms with van der Waals surface area (Å²) in [6, 6.07) is 10.0. The monoisotopic (exact) mass is 399 g/mol. The van der Waals surface area contributed by atoms with E-state index in [0.717, 1.165) is 28.2 Å². The molecule has 2 heterocycles. The van der Waals surface area contributed by atoms with Crippen molar-refractivity contribution in [3.05, 3.63) is 62.6 Å². The van der Waals surface area contributed by atoms with E-state index < -0.39 is 0 Å². The first kappa shape index (κ1) is 19.3. The molecule has 0 aliphatic heterocycles. The third kappa shape index (κ3) is 5.74. The molecule has 27 heavy (non-hydrogen) atoms. The van der Waals surface area contributed by atoms with E-state index in [4.69, 9.17) is 0 Å². The maximum absolute atomic E-state index is 11.9. The van der Waals surface area contributed by atoms with Crippen molar-refractivity contribution in [2.45, 2.75) is 19.8 Å². The van der Waals surface area contributed by atoms with Crippen molar-refractivity contribution >= 4 is 34.5 Å². The molecule has 0 saturated heterocycles. The molecule has 1 aromatic carbocycles. The molecular formula is C20H21N3O2S2. The van der Waals surface area contributed by atoms with Gasteiger partial charge in [0.15, 0.2) is 0 Å². The summed E-state index contributed by atoms with van der Waals surface area (Å²) in [6.45, 7) is 2.91. The number of carbonyl (C=O) groups is 2. The van der Waals surface area contributed by atoms with Gasteiger partial charge in [-0.25, -0.2) is 4.98 Å². The van der Waals surface area contributed by atoms with Gasteiger partial charge in [0, 0.05) is 41.4 Å². The predicted octanol–water partition coefficient (Wildman–Crippen LogP) is 3.66. The summed E-state index contributed by atoms with van der Waals surface area (Å²) in [5, 5.41) is 12.4. The van der Waals surface area contributed by atoms with Crippen molar-refractivity contribution in [1.82, 2.24) is 15.6 Å². The molecule has 2 aromatic heterocycles. The number of amides is 2. The molecule has 0 aliphatic rings. The summed E-state index contributed by atoms with van der Waals surface area (Å²) in [4.78, 5) is 28.1. The summed E-state index contributed by atoms with van der Waals surface area (Å²) in [5.41, 5.74) is 3.91. The number of aryl methyl sites for hydroxylation is 1. The fourth-order valence-electron chi connectivity index (χ4n) is 2.56. The summed E-state index contributed by atoms with van der Waals surface area (Å²) in [7, 11) is 0. The molecular weight excluding hydrogens is 378 g/mol. The van der Waals surface area contributed by atoms with Gasteiger partial charge in [-0.2, -0.15) is 11.3 Å². The molecule has 0 spiro atoms. The highest BCUT2D eigenvalue weighted by atomic mass is 32.1. The molecule has 0 aliphatic carbocycles. The Balaban J connectivity index is 1.35. The number of carbonyl (C=O) groups excluding carboxylic acids is 2. The van der Waals surface area contributed by atoms with Crippen molar-refractivity contribution in [1.29, 1.82) is 0 Å². The van der Waals surface area contributed by atoms with E-state index in [1.807, 2.05) is 12.3 Å². The fourth-order valence-corrected chi connectivity index (χ4v) is 3.82. The second-order valence-corrected chi connectivity index (χ2v) is 7.91. The van der Waals surface area contributed by atoms with Crippen molar-refractivity contribution in [3.63, 3.8) is 0 Å². The first-order valence-electron chi connectivity index (χ1n) is 8.70. The number of thiazole rings is 1. The molecule has 0 fully saturated rings. The van der Waals surface area contributed by atoms with Gasteiger partial charge in [0.25, 0.3) is 5.91 Å². The van der Waals surface area contributed by atoms with Gasteiger partial charge in [-0.15, -0.1) is 11.3 Å². The van der Waals surface area contributed by atoms with E-state index in [-0.39, 0.29) is 18.2 Å². The Bertz CT molecular complexity index is 886. The fraction of sp³-hybridized carbons (Fsp3) is 0.250. The normalized spacial score (nSPS) is 10.6. The number of rotatable bonds is 8. The first-order valence-corrected chi connectivity index (χ1v) is 10.5. The van der Waals surface area contributed by atoms with Gasteiger partial charge < -0.3 is 10.6 Å². The zero-order chi connectivity index (χ0) is 19.1. The van der Waals surface area contributed by atoms with E-state index in [1.165, 1.54) is 11.3 Å². The maximum Gasteiger partial charge on any atom is 0.252 e. The SMILES string of the molecule is Cc1nc(-c2ccc(CCNC(=O)CCNC(=O)c3ccsc3)cc2)cs1. The zero-order valence-corrected chi connectivity index (χ0v) is 16.7. The summed E-state index contributed by atoms with van der Waals surface area (Å²) in [6.07, 6.45) is 1.04. The minimum atomic E-state index is -0.139. The van der Waals surface area contributed by atoms with Crippen LogP contribution in [0.1, 0.15) is 27.3 Å². The van der Waals surface area contributed by atoms with Crippen LogP contribution in [0.25, 0.3) is 11.3 Å². The van der Waals surface area contributed by atoms with Crippen molar-refractivity contribution < 1.29 is 9.59 Å².